The van der Waals surface area contributed by atoms with E-state index in [9.17, 15) is 4.79 Å². The number of ether oxygens (including phenoxy) is 1. The number of nitrogens with two attached hydrogens (primary N) is 1. The summed E-state index contributed by atoms with van der Waals surface area (Å²) in [6, 6.07) is 14.7. The molecule has 0 heterocycles. The van der Waals surface area contributed by atoms with Crippen LogP contribution in [0.5, 0.6) is 5.75 Å². The van der Waals surface area contributed by atoms with Crippen molar-refractivity contribution in [2.45, 2.75) is 6.54 Å². The highest BCUT2D eigenvalue weighted by atomic mass is 16.5. The number of rotatable bonds is 4. The minimum absolute atomic E-state index is 0.0917. The van der Waals surface area contributed by atoms with Crippen molar-refractivity contribution in [1.29, 1.82) is 0 Å². The first-order valence-corrected chi connectivity index (χ1v) is 6.34. The lowest BCUT2D eigenvalue weighted by Gasteiger charge is -2.18. The van der Waals surface area contributed by atoms with Gasteiger partial charge in [0, 0.05) is 19.3 Å². The van der Waals surface area contributed by atoms with Gasteiger partial charge in [-0.05, 0) is 29.8 Å². The Morgan fingerprint density at radius 3 is 2.65 bits per heavy atom. The Labute approximate surface area is 118 Å². The zero-order chi connectivity index (χ0) is 14.5. The first-order chi connectivity index (χ1) is 9.61. The minimum Gasteiger partial charge on any atom is -0.497 e. The normalized spacial score (nSPS) is 10.1. The second-order valence-electron chi connectivity index (χ2n) is 4.60. The van der Waals surface area contributed by atoms with E-state index in [4.69, 9.17) is 10.5 Å². The molecule has 1 amide bonds. The SMILES string of the molecule is COc1cccc(CN(C)C(=O)c2ccccc2N)c1. The van der Waals surface area contributed by atoms with Crippen LogP contribution in [-0.2, 0) is 6.54 Å². The fourth-order valence-corrected chi connectivity index (χ4v) is 2.01. The monoisotopic (exact) mass is 270 g/mol. The fourth-order valence-electron chi connectivity index (χ4n) is 2.01. The summed E-state index contributed by atoms with van der Waals surface area (Å²) in [5, 5.41) is 0. The molecule has 0 fully saturated rings. The van der Waals surface area contributed by atoms with E-state index in [1.807, 2.05) is 36.4 Å². The van der Waals surface area contributed by atoms with Crippen molar-refractivity contribution < 1.29 is 9.53 Å². The molecule has 4 nitrogen and oxygen atoms in total. The van der Waals surface area contributed by atoms with Gasteiger partial charge in [-0.1, -0.05) is 24.3 Å². The minimum atomic E-state index is -0.0917. The zero-order valence-corrected chi connectivity index (χ0v) is 11.7. The number of hydrogen-bond acceptors (Lipinski definition) is 3. The average Bonchev–Trinajstić information content (AvgIpc) is 2.47. The van der Waals surface area contributed by atoms with Gasteiger partial charge in [-0.3, -0.25) is 4.79 Å². The van der Waals surface area contributed by atoms with Crippen LogP contribution in [-0.4, -0.2) is 25.0 Å². The van der Waals surface area contributed by atoms with Gasteiger partial charge in [0.2, 0.25) is 0 Å². The summed E-state index contributed by atoms with van der Waals surface area (Å²) in [6.07, 6.45) is 0. The molecule has 0 radical (unpaired) electrons. The zero-order valence-electron chi connectivity index (χ0n) is 11.7. The van der Waals surface area contributed by atoms with Crippen LogP contribution >= 0.6 is 0 Å². The molecule has 0 saturated carbocycles. The average molecular weight is 270 g/mol. The summed E-state index contributed by atoms with van der Waals surface area (Å²) in [7, 11) is 3.38. The van der Waals surface area contributed by atoms with Crippen LogP contribution in [0.3, 0.4) is 0 Å². The first kappa shape index (κ1) is 13.9. The van der Waals surface area contributed by atoms with E-state index >= 15 is 0 Å². The van der Waals surface area contributed by atoms with E-state index in [1.54, 1.807) is 31.2 Å². The lowest BCUT2D eigenvalue weighted by molar-refractivity contribution is 0.0786. The van der Waals surface area contributed by atoms with Crippen molar-refractivity contribution in [2.24, 2.45) is 0 Å². The van der Waals surface area contributed by atoms with Crippen LogP contribution in [0.2, 0.25) is 0 Å². The maximum atomic E-state index is 12.3. The number of para-hydroxylation sites is 1. The number of carbonyl (C=O) groups excluding carboxylic acids is 1. The molecule has 0 aliphatic carbocycles. The van der Waals surface area contributed by atoms with E-state index in [2.05, 4.69) is 0 Å². The number of nitrogens with zero attached hydrogens (tertiary/aromatic N) is 1. The van der Waals surface area contributed by atoms with E-state index < -0.39 is 0 Å². The van der Waals surface area contributed by atoms with Crippen LogP contribution in [0.4, 0.5) is 5.69 Å². The molecule has 2 N–H and O–H groups in total. The standard InChI is InChI=1S/C16H18N2O2/c1-18(11-12-6-5-7-13(10-12)20-2)16(19)14-8-3-4-9-15(14)17/h3-10H,11,17H2,1-2H3. The third kappa shape index (κ3) is 3.09. The molecule has 0 aliphatic heterocycles. The van der Waals surface area contributed by atoms with Crippen molar-refractivity contribution in [1.82, 2.24) is 4.90 Å². The molecular weight excluding hydrogens is 252 g/mol. The van der Waals surface area contributed by atoms with Crippen LogP contribution in [0, 0.1) is 0 Å². The highest BCUT2D eigenvalue weighted by Gasteiger charge is 2.14. The van der Waals surface area contributed by atoms with E-state index in [0.29, 0.717) is 17.8 Å². The molecule has 2 aromatic rings. The largest absolute Gasteiger partial charge is 0.497 e. The molecular formula is C16H18N2O2. The Morgan fingerprint density at radius 1 is 1.20 bits per heavy atom. The molecule has 4 heteroatoms. The Kier molecular flexibility index (Phi) is 4.25. The van der Waals surface area contributed by atoms with Gasteiger partial charge in [0.15, 0.2) is 0 Å². The molecule has 0 bridgehead atoms. The molecule has 0 spiro atoms. The number of carbonyl (C=O) groups is 1. The summed E-state index contributed by atoms with van der Waals surface area (Å²) in [6.45, 7) is 0.504. The topological polar surface area (TPSA) is 55.6 Å². The van der Waals surface area contributed by atoms with Gasteiger partial charge < -0.3 is 15.4 Å². The predicted molar refractivity (Wildman–Crippen MR) is 79.6 cm³/mol. The second kappa shape index (κ2) is 6.10. The summed E-state index contributed by atoms with van der Waals surface area (Å²) >= 11 is 0. The maximum absolute atomic E-state index is 12.3. The van der Waals surface area contributed by atoms with Crippen LogP contribution in [0.25, 0.3) is 0 Å². The first-order valence-electron chi connectivity index (χ1n) is 6.34. The third-order valence-electron chi connectivity index (χ3n) is 3.09. The van der Waals surface area contributed by atoms with Crippen LogP contribution in [0.15, 0.2) is 48.5 Å². The molecule has 104 valence electrons. The predicted octanol–water partition coefficient (Wildman–Crippen LogP) is 2.55. The van der Waals surface area contributed by atoms with Crippen molar-refractivity contribution in [3.05, 3.63) is 59.7 Å². The second-order valence-corrected chi connectivity index (χ2v) is 4.60. The number of benzene rings is 2. The van der Waals surface area contributed by atoms with Crippen molar-refractivity contribution in [2.75, 3.05) is 19.9 Å². The van der Waals surface area contributed by atoms with E-state index in [-0.39, 0.29) is 5.91 Å². The number of nitrogen functional groups attached to an aromatic ring is 1. The van der Waals surface area contributed by atoms with Gasteiger partial charge >= 0.3 is 0 Å². The molecule has 0 aromatic heterocycles. The van der Waals surface area contributed by atoms with Gasteiger partial charge in [-0.2, -0.15) is 0 Å². The quantitative estimate of drug-likeness (QED) is 0.869. The summed E-state index contributed by atoms with van der Waals surface area (Å²) in [5.41, 5.74) is 7.86. The molecule has 2 aromatic carbocycles. The molecule has 20 heavy (non-hydrogen) atoms. The molecule has 0 aliphatic rings. The van der Waals surface area contributed by atoms with Crippen molar-refractivity contribution >= 4 is 11.6 Å². The lowest BCUT2D eigenvalue weighted by Crippen LogP contribution is -2.26. The van der Waals surface area contributed by atoms with Crippen molar-refractivity contribution in [3.8, 4) is 5.75 Å². The third-order valence-corrected chi connectivity index (χ3v) is 3.09. The Hall–Kier alpha value is -2.49. The van der Waals surface area contributed by atoms with Gasteiger partial charge in [-0.15, -0.1) is 0 Å². The number of amides is 1. The van der Waals surface area contributed by atoms with Crippen LogP contribution < -0.4 is 10.5 Å². The number of methoxy groups -OCH3 is 1. The Morgan fingerprint density at radius 2 is 1.95 bits per heavy atom. The lowest BCUT2D eigenvalue weighted by atomic mass is 10.1. The molecule has 0 unspecified atom stereocenters. The Balaban J connectivity index is 2.13. The van der Waals surface area contributed by atoms with Gasteiger partial charge in [0.1, 0.15) is 5.75 Å². The van der Waals surface area contributed by atoms with Gasteiger partial charge in [0.25, 0.3) is 5.91 Å². The maximum Gasteiger partial charge on any atom is 0.255 e. The highest BCUT2D eigenvalue weighted by Crippen LogP contribution is 2.17. The van der Waals surface area contributed by atoms with E-state index in [1.165, 1.54) is 0 Å². The van der Waals surface area contributed by atoms with Crippen LogP contribution in [0.1, 0.15) is 15.9 Å². The molecule has 2 rings (SSSR count). The van der Waals surface area contributed by atoms with E-state index in [0.717, 1.165) is 11.3 Å². The van der Waals surface area contributed by atoms with Crippen molar-refractivity contribution in [3.63, 3.8) is 0 Å². The number of anilines is 1. The molecule has 0 saturated heterocycles. The highest BCUT2D eigenvalue weighted by molar-refractivity contribution is 5.98. The summed E-state index contributed by atoms with van der Waals surface area (Å²) in [5.74, 6) is 0.688. The number of hydrogen-bond donors (Lipinski definition) is 1. The smallest absolute Gasteiger partial charge is 0.255 e. The fraction of sp³-hybridized carbons (Fsp3) is 0.188. The Bertz CT molecular complexity index is 611. The van der Waals surface area contributed by atoms with Gasteiger partial charge in [0.05, 0.1) is 12.7 Å². The summed E-state index contributed by atoms with van der Waals surface area (Å²) < 4.78 is 5.18. The molecule has 0 atom stereocenters. The summed E-state index contributed by atoms with van der Waals surface area (Å²) in [4.78, 5) is 14.0. The van der Waals surface area contributed by atoms with Gasteiger partial charge in [-0.25, -0.2) is 0 Å².